The highest BCUT2D eigenvalue weighted by Crippen LogP contribution is 2.39. The molecule has 1 saturated heterocycles. The number of hydrogen-bond donors (Lipinski definition) is 1. The highest BCUT2D eigenvalue weighted by atomic mass is 35.5. The molecule has 1 unspecified atom stereocenters. The lowest BCUT2D eigenvalue weighted by atomic mass is 10.1. The Morgan fingerprint density at radius 3 is 3.11 bits per heavy atom. The summed E-state index contributed by atoms with van der Waals surface area (Å²) < 4.78 is 16.5. The van der Waals surface area contributed by atoms with Crippen molar-refractivity contribution in [2.24, 2.45) is 0 Å². The van der Waals surface area contributed by atoms with Crippen molar-refractivity contribution in [1.82, 2.24) is 5.32 Å². The monoisotopic (exact) mass is 267 g/mol. The zero-order chi connectivity index (χ0) is 12.5. The minimum Gasteiger partial charge on any atom is -0.493 e. The van der Waals surface area contributed by atoms with E-state index in [4.69, 9.17) is 25.5 Å². The Bertz CT molecular complexity index is 561. The number of methoxy groups -OCH3 is 1. The fraction of sp³-hybridized carbons (Fsp3) is 0.385. The highest BCUT2D eigenvalue weighted by Gasteiger charge is 2.22. The maximum absolute atomic E-state index is 6.42. The van der Waals surface area contributed by atoms with Crippen LogP contribution in [0.3, 0.4) is 0 Å². The largest absolute Gasteiger partial charge is 0.493 e. The molecule has 18 heavy (non-hydrogen) atoms. The van der Waals surface area contributed by atoms with Crippen molar-refractivity contribution in [3.8, 4) is 5.75 Å². The maximum atomic E-state index is 6.42. The summed E-state index contributed by atoms with van der Waals surface area (Å²) in [7, 11) is 1.62. The summed E-state index contributed by atoms with van der Waals surface area (Å²) in [5, 5.41) is 4.83. The smallest absolute Gasteiger partial charge is 0.177 e. The van der Waals surface area contributed by atoms with Crippen LogP contribution in [0.4, 0.5) is 0 Å². The van der Waals surface area contributed by atoms with Gasteiger partial charge >= 0.3 is 0 Å². The topological polar surface area (TPSA) is 43.6 Å². The number of ether oxygens (including phenoxy) is 2. The van der Waals surface area contributed by atoms with Gasteiger partial charge in [0.1, 0.15) is 0 Å². The lowest BCUT2D eigenvalue weighted by Crippen LogP contribution is -2.33. The zero-order valence-electron chi connectivity index (χ0n) is 10.0. The summed E-state index contributed by atoms with van der Waals surface area (Å²) in [5.41, 5.74) is 1.62. The predicted octanol–water partition coefficient (Wildman–Crippen LogP) is 2.76. The first-order valence-electron chi connectivity index (χ1n) is 5.87. The first-order chi connectivity index (χ1) is 8.81. The number of fused-ring (bicyclic) bond motifs is 1. The van der Waals surface area contributed by atoms with Crippen molar-refractivity contribution >= 4 is 22.6 Å². The van der Waals surface area contributed by atoms with Crippen LogP contribution in [0.15, 0.2) is 22.8 Å². The molecule has 2 aromatic rings. The summed E-state index contributed by atoms with van der Waals surface area (Å²) >= 11 is 6.42. The van der Waals surface area contributed by atoms with Gasteiger partial charge in [0.25, 0.3) is 0 Å². The van der Waals surface area contributed by atoms with Crippen LogP contribution in [-0.4, -0.2) is 26.8 Å². The van der Waals surface area contributed by atoms with Gasteiger partial charge in [0.05, 0.1) is 31.1 Å². The van der Waals surface area contributed by atoms with Crippen LogP contribution in [0.2, 0.25) is 5.02 Å². The molecular weight excluding hydrogens is 254 g/mol. The molecule has 1 aliphatic rings. The van der Waals surface area contributed by atoms with E-state index in [1.54, 1.807) is 13.4 Å². The molecule has 0 amide bonds. The van der Waals surface area contributed by atoms with Gasteiger partial charge in [-0.3, -0.25) is 0 Å². The number of halogens is 1. The second kappa shape index (κ2) is 4.80. The van der Waals surface area contributed by atoms with Crippen molar-refractivity contribution in [2.75, 3.05) is 26.8 Å². The molecule has 0 aliphatic carbocycles. The van der Waals surface area contributed by atoms with Crippen LogP contribution < -0.4 is 10.1 Å². The molecule has 96 valence electrons. The van der Waals surface area contributed by atoms with Gasteiger partial charge in [-0.05, 0) is 12.1 Å². The van der Waals surface area contributed by atoms with E-state index in [9.17, 15) is 0 Å². The minimum atomic E-state index is -0.0422. The molecule has 0 radical (unpaired) electrons. The molecule has 1 aliphatic heterocycles. The van der Waals surface area contributed by atoms with Crippen molar-refractivity contribution in [3.05, 3.63) is 29.0 Å². The Balaban J connectivity index is 2.12. The third kappa shape index (κ3) is 1.86. The third-order valence-electron chi connectivity index (χ3n) is 3.16. The minimum absolute atomic E-state index is 0.0422. The van der Waals surface area contributed by atoms with Gasteiger partial charge in [0, 0.05) is 24.0 Å². The fourth-order valence-corrected chi connectivity index (χ4v) is 2.57. The lowest BCUT2D eigenvalue weighted by Gasteiger charge is -2.25. The summed E-state index contributed by atoms with van der Waals surface area (Å²) in [6.07, 6.45) is 1.57. The molecule has 1 atom stereocenters. The van der Waals surface area contributed by atoms with E-state index in [0.29, 0.717) is 23.0 Å². The Labute approximate surface area is 110 Å². The molecule has 4 nitrogen and oxygen atoms in total. The average molecular weight is 268 g/mol. The van der Waals surface area contributed by atoms with Crippen LogP contribution in [0.1, 0.15) is 11.7 Å². The van der Waals surface area contributed by atoms with E-state index in [2.05, 4.69) is 5.32 Å². The number of morpholine rings is 1. The van der Waals surface area contributed by atoms with Crippen molar-refractivity contribution in [1.29, 1.82) is 0 Å². The van der Waals surface area contributed by atoms with Crippen LogP contribution in [0.5, 0.6) is 5.75 Å². The lowest BCUT2D eigenvalue weighted by molar-refractivity contribution is 0.0277. The number of hydrogen-bond acceptors (Lipinski definition) is 4. The van der Waals surface area contributed by atoms with Gasteiger partial charge in [-0.15, -0.1) is 0 Å². The Kier molecular flexibility index (Phi) is 3.16. The molecule has 0 saturated carbocycles. The van der Waals surface area contributed by atoms with Gasteiger partial charge in [-0.1, -0.05) is 11.6 Å². The number of benzene rings is 1. The van der Waals surface area contributed by atoms with Crippen LogP contribution >= 0.6 is 11.6 Å². The first kappa shape index (κ1) is 11.8. The van der Waals surface area contributed by atoms with E-state index in [-0.39, 0.29) is 6.10 Å². The number of furan rings is 1. The fourth-order valence-electron chi connectivity index (χ4n) is 2.25. The normalized spacial score (nSPS) is 20.2. The van der Waals surface area contributed by atoms with E-state index in [1.807, 2.05) is 12.1 Å². The molecule has 3 rings (SSSR count). The Morgan fingerprint density at radius 2 is 2.39 bits per heavy atom. The molecule has 5 heteroatoms. The maximum Gasteiger partial charge on any atom is 0.177 e. The zero-order valence-corrected chi connectivity index (χ0v) is 10.8. The number of rotatable bonds is 2. The van der Waals surface area contributed by atoms with E-state index in [0.717, 1.165) is 24.0 Å². The first-order valence-corrected chi connectivity index (χ1v) is 6.25. The quantitative estimate of drug-likeness (QED) is 0.909. The van der Waals surface area contributed by atoms with Crippen molar-refractivity contribution in [3.63, 3.8) is 0 Å². The molecular formula is C13H14ClNO3. The molecule has 0 spiro atoms. The van der Waals surface area contributed by atoms with Crippen molar-refractivity contribution in [2.45, 2.75) is 6.10 Å². The van der Waals surface area contributed by atoms with Gasteiger partial charge in [-0.2, -0.15) is 0 Å². The molecule has 1 fully saturated rings. The molecule has 1 N–H and O–H groups in total. The second-order valence-corrected chi connectivity index (χ2v) is 4.59. The van der Waals surface area contributed by atoms with E-state index >= 15 is 0 Å². The SMILES string of the molecule is COc1cc(C2CNCCO2)c(Cl)c2ccoc12. The Hall–Kier alpha value is -1.23. The molecule has 2 heterocycles. The summed E-state index contributed by atoms with van der Waals surface area (Å²) in [6.45, 7) is 2.32. The predicted molar refractivity (Wildman–Crippen MR) is 69.3 cm³/mol. The van der Waals surface area contributed by atoms with Gasteiger partial charge < -0.3 is 19.2 Å². The van der Waals surface area contributed by atoms with Crippen LogP contribution in [0, 0.1) is 0 Å². The van der Waals surface area contributed by atoms with Gasteiger partial charge in [-0.25, -0.2) is 0 Å². The average Bonchev–Trinajstić information content (AvgIpc) is 2.90. The third-order valence-corrected chi connectivity index (χ3v) is 3.58. The highest BCUT2D eigenvalue weighted by molar-refractivity contribution is 6.36. The van der Waals surface area contributed by atoms with Crippen molar-refractivity contribution < 1.29 is 13.9 Å². The van der Waals surface area contributed by atoms with Gasteiger partial charge in [0.15, 0.2) is 11.3 Å². The standard InChI is InChI=1S/C13H14ClNO3/c1-16-10-6-9(11-7-15-3-5-17-11)12(14)8-2-4-18-13(8)10/h2,4,6,11,15H,3,5,7H2,1H3. The molecule has 1 aromatic carbocycles. The van der Waals surface area contributed by atoms with E-state index in [1.165, 1.54) is 0 Å². The molecule has 1 aromatic heterocycles. The van der Waals surface area contributed by atoms with Crippen LogP contribution in [0.25, 0.3) is 11.0 Å². The summed E-state index contributed by atoms with van der Waals surface area (Å²) in [6, 6.07) is 3.74. The van der Waals surface area contributed by atoms with Gasteiger partial charge in [0.2, 0.25) is 0 Å². The van der Waals surface area contributed by atoms with E-state index < -0.39 is 0 Å². The summed E-state index contributed by atoms with van der Waals surface area (Å²) in [5.74, 6) is 0.684. The molecule has 0 bridgehead atoms. The number of nitrogens with one attached hydrogen (secondary N) is 1. The second-order valence-electron chi connectivity index (χ2n) is 4.21. The Morgan fingerprint density at radius 1 is 1.50 bits per heavy atom. The van der Waals surface area contributed by atoms with Crippen LogP contribution in [-0.2, 0) is 4.74 Å². The summed E-state index contributed by atoms with van der Waals surface area (Å²) in [4.78, 5) is 0.